The van der Waals surface area contributed by atoms with Crippen LogP contribution >= 0.6 is 0 Å². The van der Waals surface area contributed by atoms with Crippen LogP contribution in [0.25, 0.3) is 5.69 Å². The molecule has 130 valence electrons. The summed E-state index contributed by atoms with van der Waals surface area (Å²) in [5, 5.41) is 0. The summed E-state index contributed by atoms with van der Waals surface area (Å²) in [5.74, 6) is -0.455. The van der Waals surface area contributed by atoms with Gasteiger partial charge in [-0.15, -0.1) is 0 Å². The van der Waals surface area contributed by atoms with Crippen LogP contribution in [0.2, 0.25) is 0 Å². The van der Waals surface area contributed by atoms with Crippen molar-refractivity contribution in [2.45, 2.75) is 6.10 Å². The monoisotopic (exact) mass is 348 g/mol. The lowest BCUT2D eigenvalue weighted by Crippen LogP contribution is -2.49. The molecular weight excluding hydrogens is 332 g/mol. The molecule has 1 atom stereocenters. The molecule has 0 fully saturated rings. The van der Waals surface area contributed by atoms with Crippen molar-refractivity contribution in [3.05, 3.63) is 72.8 Å². The van der Waals surface area contributed by atoms with E-state index in [1.54, 1.807) is 29.1 Å². The molecule has 1 aromatic heterocycles. The Morgan fingerprint density at radius 1 is 1.08 bits per heavy atom. The van der Waals surface area contributed by atoms with E-state index in [0.717, 1.165) is 5.69 Å². The fourth-order valence-corrected chi connectivity index (χ4v) is 2.96. The predicted octanol–water partition coefficient (Wildman–Crippen LogP) is 1.77. The number of amides is 2. The number of anilines is 1. The van der Waals surface area contributed by atoms with Crippen LogP contribution in [0, 0.1) is 0 Å². The zero-order chi connectivity index (χ0) is 18.1. The minimum atomic E-state index is -0.901. The third kappa shape index (κ3) is 2.69. The Bertz CT molecular complexity index is 968. The molecule has 0 spiro atoms. The van der Waals surface area contributed by atoms with Crippen molar-refractivity contribution in [1.82, 2.24) is 9.55 Å². The molecule has 0 saturated carbocycles. The van der Waals surface area contributed by atoms with E-state index in [9.17, 15) is 9.59 Å². The molecule has 0 unspecified atom stereocenters. The average molecular weight is 348 g/mol. The van der Waals surface area contributed by atoms with Gasteiger partial charge in [0.25, 0.3) is 11.8 Å². The summed E-state index contributed by atoms with van der Waals surface area (Å²) in [4.78, 5) is 30.5. The highest BCUT2D eigenvalue weighted by atomic mass is 16.5. The van der Waals surface area contributed by atoms with E-state index in [1.807, 2.05) is 36.4 Å². The quantitative estimate of drug-likeness (QED) is 0.781. The maximum Gasteiger partial charge on any atom is 0.277 e. The topological polar surface area (TPSA) is 90.5 Å². The molecule has 4 rings (SSSR count). The van der Waals surface area contributed by atoms with Crippen LogP contribution in [0.1, 0.15) is 10.5 Å². The highest BCUT2D eigenvalue weighted by Crippen LogP contribution is 2.34. The minimum Gasteiger partial charge on any atom is -0.477 e. The van der Waals surface area contributed by atoms with Crippen molar-refractivity contribution in [2.24, 2.45) is 5.73 Å². The molecule has 0 saturated heterocycles. The van der Waals surface area contributed by atoms with Gasteiger partial charge in [0.1, 0.15) is 11.4 Å². The highest BCUT2D eigenvalue weighted by Gasteiger charge is 2.34. The zero-order valence-corrected chi connectivity index (χ0v) is 13.8. The Morgan fingerprint density at radius 3 is 2.58 bits per heavy atom. The fourth-order valence-electron chi connectivity index (χ4n) is 2.96. The summed E-state index contributed by atoms with van der Waals surface area (Å²) in [6, 6.07) is 16.5. The van der Waals surface area contributed by atoms with Gasteiger partial charge in [-0.25, -0.2) is 4.98 Å². The number of benzene rings is 2. The summed E-state index contributed by atoms with van der Waals surface area (Å²) in [6.07, 6.45) is 2.19. The van der Waals surface area contributed by atoms with Gasteiger partial charge >= 0.3 is 0 Å². The largest absolute Gasteiger partial charge is 0.477 e. The Hall–Kier alpha value is -3.61. The Balaban J connectivity index is 1.75. The molecule has 0 bridgehead atoms. The first-order valence-corrected chi connectivity index (χ1v) is 8.10. The number of nitrogens with zero attached hydrogens (tertiary/aromatic N) is 3. The standard InChI is InChI=1S/C19H16N4O3/c20-18(24)17-11-22(14-8-4-5-9-16(14)26-17)19(25)15-10-21-12-23(15)13-6-2-1-3-7-13/h1-10,12,17H,11H2,(H2,20,24)/t17-/m0/s1. The highest BCUT2D eigenvalue weighted by molar-refractivity contribution is 6.07. The number of para-hydroxylation sites is 3. The smallest absolute Gasteiger partial charge is 0.277 e. The van der Waals surface area contributed by atoms with Crippen LogP contribution < -0.4 is 15.4 Å². The maximum atomic E-state index is 13.2. The number of primary amides is 1. The second-order valence-corrected chi connectivity index (χ2v) is 5.88. The Morgan fingerprint density at radius 2 is 1.81 bits per heavy atom. The fraction of sp³-hybridized carbons (Fsp3) is 0.105. The normalized spacial score (nSPS) is 15.8. The number of hydrogen-bond donors (Lipinski definition) is 1. The second-order valence-electron chi connectivity index (χ2n) is 5.88. The molecule has 7 heteroatoms. The number of nitrogens with two attached hydrogens (primary N) is 1. The zero-order valence-electron chi connectivity index (χ0n) is 13.8. The summed E-state index contributed by atoms with van der Waals surface area (Å²) >= 11 is 0. The van der Waals surface area contributed by atoms with Gasteiger partial charge in [0.05, 0.1) is 24.8 Å². The minimum absolute atomic E-state index is 0.0468. The first-order chi connectivity index (χ1) is 12.6. The first kappa shape index (κ1) is 15.9. The molecular formula is C19H16N4O3. The molecule has 0 radical (unpaired) electrons. The number of carbonyl (C=O) groups excluding carboxylic acids is 2. The molecule has 2 aromatic carbocycles. The number of imidazole rings is 1. The molecule has 26 heavy (non-hydrogen) atoms. The number of hydrogen-bond acceptors (Lipinski definition) is 4. The SMILES string of the molecule is NC(=O)[C@@H]1CN(C(=O)c2cncn2-c2ccccc2)c2ccccc2O1. The predicted molar refractivity (Wildman–Crippen MR) is 95.3 cm³/mol. The van der Waals surface area contributed by atoms with Crippen LogP contribution in [-0.4, -0.2) is 34.0 Å². The van der Waals surface area contributed by atoms with E-state index in [-0.39, 0.29) is 12.5 Å². The number of rotatable bonds is 3. The molecule has 1 aliphatic heterocycles. The van der Waals surface area contributed by atoms with Crippen LogP contribution in [0.5, 0.6) is 5.75 Å². The number of fused-ring (bicyclic) bond motifs is 1. The van der Waals surface area contributed by atoms with E-state index in [4.69, 9.17) is 10.5 Å². The summed E-state index contributed by atoms with van der Waals surface area (Å²) in [7, 11) is 0. The van der Waals surface area contributed by atoms with E-state index in [2.05, 4.69) is 4.98 Å². The van der Waals surface area contributed by atoms with Gasteiger partial charge in [-0.1, -0.05) is 30.3 Å². The van der Waals surface area contributed by atoms with E-state index in [1.165, 1.54) is 11.1 Å². The lowest BCUT2D eigenvalue weighted by Gasteiger charge is -2.33. The molecule has 3 aromatic rings. The Kier molecular flexibility index (Phi) is 3.89. The van der Waals surface area contributed by atoms with Gasteiger partial charge < -0.3 is 10.5 Å². The molecule has 2 heterocycles. The lowest BCUT2D eigenvalue weighted by atomic mass is 10.1. The van der Waals surface area contributed by atoms with Gasteiger partial charge in [-0.3, -0.25) is 19.1 Å². The summed E-state index contributed by atoms with van der Waals surface area (Å²) < 4.78 is 7.32. The van der Waals surface area contributed by atoms with Crippen molar-refractivity contribution >= 4 is 17.5 Å². The van der Waals surface area contributed by atoms with Gasteiger partial charge in [0.15, 0.2) is 6.10 Å². The second kappa shape index (κ2) is 6.36. The molecule has 0 aliphatic carbocycles. The van der Waals surface area contributed by atoms with Crippen molar-refractivity contribution < 1.29 is 14.3 Å². The van der Waals surface area contributed by atoms with Crippen LogP contribution in [0.4, 0.5) is 5.69 Å². The van der Waals surface area contributed by atoms with Crippen LogP contribution in [0.3, 0.4) is 0 Å². The molecule has 2 amide bonds. The number of carbonyl (C=O) groups is 2. The Labute approximate surface area is 149 Å². The van der Waals surface area contributed by atoms with Crippen molar-refractivity contribution in [2.75, 3.05) is 11.4 Å². The van der Waals surface area contributed by atoms with Crippen LogP contribution in [0.15, 0.2) is 67.1 Å². The van der Waals surface area contributed by atoms with Crippen molar-refractivity contribution in [3.8, 4) is 11.4 Å². The number of aromatic nitrogens is 2. The van der Waals surface area contributed by atoms with Crippen molar-refractivity contribution in [3.63, 3.8) is 0 Å². The number of ether oxygens (including phenoxy) is 1. The van der Waals surface area contributed by atoms with E-state index < -0.39 is 12.0 Å². The molecule has 7 nitrogen and oxygen atoms in total. The van der Waals surface area contributed by atoms with Crippen LogP contribution in [-0.2, 0) is 4.79 Å². The molecule has 2 N–H and O–H groups in total. The summed E-state index contributed by atoms with van der Waals surface area (Å²) in [5.41, 5.74) is 7.21. The van der Waals surface area contributed by atoms with E-state index >= 15 is 0 Å². The summed E-state index contributed by atoms with van der Waals surface area (Å²) in [6.45, 7) is 0.0468. The van der Waals surface area contributed by atoms with Gasteiger partial charge in [0.2, 0.25) is 0 Å². The molecule has 1 aliphatic rings. The van der Waals surface area contributed by atoms with E-state index in [0.29, 0.717) is 17.1 Å². The third-order valence-corrected chi connectivity index (χ3v) is 4.23. The average Bonchev–Trinajstić information content (AvgIpc) is 3.17. The maximum absolute atomic E-state index is 13.2. The van der Waals surface area contributed by atoms with Crippen molar-refractivity contribution in [1.29, 1.82) is 0 Å². The third-order valence-electron chi connectivity index (χ3n) is 4.23. The van der Waals surface area contributed by atoms with Gasteiger partial charge in [0, 0.05) is 5.69 Å². The van der Waals surface area contributed by atoms with Gasteiger partial charge in [-0.2, -0.15) is 0 Å². The lowest BCUT2D eigenvalue weighted by molar-refractivity contribution is -0.124. The van der Waals surface area contributed by atoms with Gasteiger partial charge in [-0.05, 0) is 24.3 Å². The first-order valence-electron chi connectivity index (χ1n) is 8.10.